The van der Waals surface area contributed by atoms with Crippen molar-refractivity contribution in [2.45, 2.75) is 32.0 Å². The molecule has 18 heavy (non-hydrogen) atoms. The second kappa shape index (κ2) is 9.18. The molecule has 1 unspecified atom stereocenters. The summed E-state index contributed by atoms with van der Waals surface area (Å²) in [6, 6.07) is 0. The number of hydrogen-bond acceptors (Lipinski definition) is 6. The Morgan fingerprint density at radius 2 is 2.50 bits per heavy atom. The van der Waals surface area contributed by atoms with Crippen LogP contribution < -0.4 is 5.32 Å². The van der Waals surface area contributed by atoms with Crippen LogP contribution in [0, 0.1) is 10.1 Å². The molecule has 1 fully saturated rings. The second-order valence-corrected chi connectivity index (χ2v) is 4.78. The molecule has 0 radical (unpaired) electrons. The minimum Gasteiger partial charge on any atom is -0.375 e. The molecular weight excluding hydrogens is 256 g/mol. The summed E-state index contributed by atoms with van der Waals surface area (Å²) in [5.74, 6) is 0. The maximum atomic E-state index is 10.3. The summed E-state index contributed by atoms with van der Waals surface area (Å²) in [5, 5.41) is 13.9. The smallest absolute Gasteiger partial charge is 0.263 e. The molecule has 0 saturated carbocycles. The van der Waals surface area contributed by atoms with Crippen LogP contribution in [0.3, 0.4) is 0 Å². The van der Waals surface area contributed by atoms with Crippen molar-refractivity contribution in [2.75, 3.05) is 26.0 Å². The summed E-state index contributed by atoms with van der Waals surface area (Å²) in [7, 11) is 0. The van der Waals surface area contributed by atoms with Crippen molar-refractivity contribution in [1.82, 2.24) is 5.32 Å². The van der Waals surface area contributed by atoms with Gasteiger partial charge in [-0.05, 0) is 31.9 Å². The van der Waals surface area contributed by atoms with Gasteiger partial charge in [0, 0.05) is 13.2 Å². The Bertz CT molecular complexity index is 280. The average Bonchev–Trinajstić information content (AvgIpc) is 2.37. The summed E-state index contributed by atoms with van der Waals surface area (Å²) < 4.78 is 11.0. The number of ether oxygens (including phenoxy) is 2. The van der Waals surface area contributed by atoms with Gasteiger partial charge in [-0.2, -0.15) is 0 Å². The van der Waals surface area contributed by atoms with E-state index < -0.39 is 4.92 Å². The minimum atomic E-state index is -0.453. The summed E-state index contributed by atoms with van der Waals surface area (Å²) >= 11 is 1.33. The van der Waals surface area contributed by atoms with Crippen molar-refractivity contribution >= 4 is 11.8 Å². The van der Waals surface area contributed by atoms with Crippen molar-refractivity contribution in [3.05, 3.63) is 21.3 Å². The maximum Gasteiger partial charge on any atom is 0.263 e. The third kappa shape index (κ3) is 6.83. The van der Waals surface area contributed by atoms with Crippen LogP contribution in [0.4, 0.5) is 0 Å². The van der Waals surface area contributed by atoms with Gasteiger partial charge in [-0.3, -0.25) is 10.1 Å². The van der Waals surface area contributed by atoms with E-state index in [2.05, 4.69) is 5.32 Å². The van der Waals surface area contributed by atoms with Gasteiger partial charge in [0.05, 0.1) is 11.5 Å². The third-order valence-electron chi connectivity index (χ3n) is 2.50. The first kappa shape index (κ1) is 15.3. The lowest BCUT2D eigenvalue weighted by atomic mass is 10.2. The Morgan fingerprint density at radius 1 is 1.67 bits per heavy atom. The number of nitrogens with zero attached hydrogens (tertiary/aromatic N) is 1. The summed E-state index contributed by atoms with van der Waals surface area (Å²) in [6.45, 7) is 2.05. The van der Waals surface area contributed by atoms with E-state index in [0.29, 0.717) is 18.2 Å². The van der Waals surface area contributed by atoms with E-state index >= 15 is 0 Å². The highest BCUT2D eigenvalue weighted by molar-refractivity contribution is 8.02. The summed E-state index contributed by atoms with van der Waals surface area (Å²) in [4.78, 5) is 9.85. The zero-order valence-corrected chi connectivity index (χ0v) is 11.4. The molecule has 1 N–H and O–H groups in total. The fraction of sp³-hybridized carbons (Fsp3) is 0.818. The van der Waals surface area contributed by atoms with Gasteiger partial charge in [0.15, 0.2) is 6.29 Å². The molecule has 1 atom stereocenters. The predicted octanol–water partition coefficient (Wildman–Crippen LogP) is 1.95. The average molecular weight is 276 g/mol. The molecule has 104 valence electrons. The number of thioether (sulfide) groups is 1. The van der Waals surface area contributed by atoms with Crippen LogP contribution in [-0.4, -0.2) is 37.2 Å². The van der Waals surface area contributed by atoms with Gasteiger partial charge in [-0.25, -0.2) is 0 Å². The first-order valence-corrected chi connectivity index (χ1v) is 7.31. The van der Waals surface area contributed by atoms with Crippen LogP contribution in [-0.2, 0) is 9.47 Å². The van der Waals surface area contributed by atoms with E-state index in [1.165, 1.54) is 11.8 Å². The highest BCUT2D eigenvalue weighted by Gasteiger charge is 2.13. The van der Waals surface area contributed by atoms with Gasteiger partial charge in [-0.1, -0.05) is 0 Å². The SMILES string of the molecule is CS/C(=C\[N+](=O)[O-])NCCCOC1CCCCO1. The molecule has 0 aliphatic carbocycles. The van der Waals surface area contributed by atoms with Gasteiger partial charge in [0.1, 0.15) is 5.03 Å². The standard InChI is InChI=1S/C11H20N2O4S/c1-18-10(9-13(14)15)12-6-4-8-17-11-5-2-3-7-16-11/h9,11-12H,2-8H2,1H3/b10-9-. The van der Waals surface area contributed by atoms with E-state index in [0.717, 1.165) is 38.5 Å². The van der Waals surface area contributed by atoms with Crippen molar-refractivity contribution in [3.63, 3.8) is 0 Å². The highest BCUT2D eigenvalue weighted by atomic mass is 32.2. The second-order valence-electron chi connectivity index (χ2n) is 3.93. The third-order valence-corrected chi connectivity index (χ3v) is 3.19. The molecule has 0 aromatic rings. The van der Waals surface area contributed by atoms with E-state index in [-0.39, 0.29) is 6.29 Å². The van der Waals surface area contributed by atoms with Gasteiger partial charge in [-0.15, -0.1) is 11.8 Å². The van der Waals surface area contributed by atoms with Gasteiger partial charge in [0.25, 0.3) is 6.20 Å². The Morgan fingerprint density at radius 3 is 3.11 bits per heavy atom. The Labute approximate surface area is 111 Å². The molecule has 1 aliphatic rings. The topological polar surface area (TPSA) is 73.6 Å². The van der Waals surface area contributed by atoms with Gasteiger partial charge < -0.3 is 14.8 Å². The van der Waals surface area contributed by atoms with Crippen LogP contribution in [0.15, 0.2) is 11.2 Å². The van der Waals surface area contributed by atoms with Crippen LogP contribution in [0.25, 0.3) is 0 Å². The van der Waals surface area contributed by atoms with E-state index in [9.17, 15) is 10.1 Å². The fourth-order valence-corrected chi connectivity index (χ4v) is 2.05. The molecule has 1 aliphatic heterocycles. The van der Waals surface area contributed by atoms with Crippen LogP contribution >= 0.6 is 11.8 Å². The van der Waals surface area contributed by atoms with Crippen LogP contribution in [0.5, 0.6) is 0 Å². The molecule has 0 aromatic heterocycles. The summed E-state index contributed by atoms with van der Waals surface area (Å²) in [5.41, 5.74) is 0. The van der Waals surface area contributed by atoms with Crippen molar-refractivity contribution in [1.29, 1.82) is 0 Å². The molecule has 1 heterocycles. The molecule has 1 rings (SSSR count). The summed E-state index contributed by atoms with van der Waals surface area (Å²) in [6.07, 6.45) is 6.76. The number of rotatable bonds is 8. The largest absolute Gasteiger partial charge is 0.375 e. The van der Waals surface area contributed by atoms with E-state index in [1.54, 1.807) is 6.26 Å². The van der Waals surface area contributed by atoms with Crippen molar-refractivity contribution in [2.24, 2.45) is 0 Å². The lowest BCUT2D eigenvalue weighted by Gasteiger charge is -2.22. The lowest BCUT2D eigenvalue weighted by molar-refractivity contribution is -0.403. The molecule has 0 aromatic carbocycles. The number of nitrogens with one attached hydrogen (secondary N) is 1. The Hall–Kier alpha value is -0.790. The molecule has 0 amide bonds. The van der Waals surface area contributed by atoms with Gasteiger partial charge in [0.2, 0.25) is 0 Å². The molecule has 0 spiro atoms. The first-order valence-electron chi connectivity index (χ1n) is 6.08. The fourth-order valence-electron chi connectivity index (χ4n) is 1.61. The molecule has 7 heteroatoms. The first-order chi connectivity index (χ1) is 8.72. The van der Waals surface area contributed by atoms with Crippen molar-refractivity contribution < 1.29 is 14.4 Å². The zero-order valence-electron chi connectivity index (χ0n) is 10.6. The lowest BCUT2D eigenvalue weighted by Crippen LogP contribution is -2.24. The number of hydrogen-bond donors (Lipinski definition) is 1. The molecule has 1 saturated heterocycles. The molecule has 6 nitrogen and oxygen atoms in total. The normalized spacial score (nSPS) is 20.7. The number of nitro groups is 1. The molecular formula is C11H20N2O4S. The zero-order chi connectivity index (χ0) is 13.2. The van der Waals surface area contributed by atoms with Crippen LogP contribution in [0.1, 0.15) is 25.7 Å². The quantitative estimate of drug-likeness (QED) is 0.415. The molecule has 0 bridgehead atoms. The van der Waals surface area contributed by atoms with Crippen molar-refractivity contribution in [3.8, 4) is 0 Å². The Kier molecular flexibility index (Phi) is 7.79. The predicted molar refractivity (Wildman–Crippen MR) is 70.8 cm³/mol. The van der Waals surface area contributed by atoms with Crippen LogP contribution in [0.2, 0.25) is 0 Å². The highest BCUT2D eigenvalue weighted by Crippen LogP contribution is 2.13. The monoisotopic (exact) mass is 276 g/mol. The maximum absolute atomic E-state index is 10.3. The minimum absolute atomic E-state index is 0.0620. The Balaban J connectivity index is 2.05. The van der Waals surface area contributed by atoms with E-state index in [4.69, 9.17) is 9.47 Å². The van der Waals surface area contributed by atoms with Gasteiger partial charge >= 0.3 is 0 Å². The van der Waals surface area contributed by atoms with E-state index in [1.807, 2.05) is 0 Å².